The molecule has 2 N–H and O–H groups in total. The van der Waals surface area contributed by atoms with Crippen molar-refractivity contribution in [2.24, 2.45) is 0 Å². The van der Waals surface area contributed by atoms with Crippen molar-refractivity contribution in [1.29, 1.82) is 0 Å². The number of hydrogen-bond acceptors (Lipinski definition) is 2. The van der Waals surface area contributed by atoms with Crippen LogP contribution in [0, 0.1) is 0 Å². The molecule has 0 aromatic heterocycles. The lowest BCUT2D eigenvalue weighted by atomic mass is 10.1. The molecule has 0 saturated carbocycles. The number of benzene rings is 2. The number of carbonyl (C=O) groups excluding carboxylic acids is 1. The third-order valence-corrected chi connectivity index (χ3v) is 4.01. The van der Waals surface area contributed by atoms with Crippen LogP contribution in [0.15, 0.2) is 57.5 Å². The molecule has 0 bridgehead atoms. The maximum atomic E-state index is 12.3. The molecule has 3 nitrogen and oxygen atoms in total. The van der Waals surface area contributed by atoms with Crippen LogP contribution in [0.2, 0.25) is 0 Å². The van der Waals surface area contributed by atoms with Crippen LogP contribution in [0.1, 0.15) is 22.0 Å². The molecule has 2 aromatic carbocycles. The maximum Gasteiger partial charge on any atom is 0.252 e. The summed E-state index contributed by atoms with van der Waals surface area (Å²) in [6.07, 6.45) is 0. The molecular weight excluding hydrogens is 386 g/mol. The number of aliphatic hydroxyl groups is 1. The quantitative estimate of drug-likeness (QED) is 0.825. The fourth-order valence-electron chi connectivity index (χ4n) is 1.83. The molecule has 5 heteroatoms. The summed E-state index contributed by atoms with van der Waals surface area (Å²) < 4.78 is 1.59. The summed E-state index contributed by atoms with van der Waals surface area (Å²) in [7, 11) is 0. The molecule has 1 atom stereocenters. The van der Waals surface area contributed by atoms with E-state index >= 15 is 0 Å². The van der Waals surface area contributed by atoms with Gasteiger partial charge in [-0.1, -0.05) is 46.3 Å². The highest BCUT2D eigenvalue weighted by molar-refractivity contribution is 9.11. The zero-order valence-electron chi connectivity index (χ0n) is 10.5. The smallest absolute Gasteiger partial charge is 0.252 e. The van der Waals surface area contributed by atoms with E-state index in [2.05, 4.69) is 37.2 Å². The number of rotatable bonds is 4. The summed E-state index contributed by atoms with van der Waals surface area (Å²) in [6.45, 7) is -0.149. The number of aliphatic hydroxyl groups excluding tert-OH is 1. The summed E-state index contributed by atoms with van der Waals surface area (Å²) in [5.74, 6) is -0.229. The van der Waals surface area contributed by atoms with Crippen molar-refractivity contribution in [1.82, 2.24) is 5.32 Å². The Morgan fingerprint density at radius 2 is 1.85 bits per heavy atom. The van der Waals surface area contributed by atoms with Gasteiger partial charge in [0, 0.05) is 8.95 Å². The first-order chi connectivity index (χ1) is 9.61. The zero-order valence-corrected chi connectivity index (χ0v) is 13.7. The minimum atomic E-state index is -0.417. The molecule has 0 saturated heterocycles. The van der Waals surface area contributed by atoms with E-state index in [-0.39, 0.29) is 12.5 Å². The van der Waals surface area contributed by atoms with Gasteiger partial charge >= 0.3 is 0 Å². The fourth-order valence-corrected chi connectivity index (χ4v) is 3.06. The Morgan fingerprint density at radius 1 is 1.15 bits per heavy atom. The first kappa shape index (κ1) is 15.2. The highest BCUT2D eigenvalue weighted by atomic mass is 79.9. The third-order valence-electron chi connectivity index (χ3n) is 2.87. The highest BCUT2D eigenvalue weighted by Crippen LogP contribution is 2.22. The van der Waals surface area contributed by atoms with E-state index in [9.17, 15) is 9.90 Å². The van der Waals surface area contributed by atoms with Gasteiger partial charge in [0.15, 0.2) is 0 Å². The van der Waals surface area contributed by atoms with Gasteiger partial charge in [-0.2, -0.15) is 0 Å². The van der Waals surface area contributed by atoms with E-state index in [0.29, 0.717) is 10.0 Å². The van der Waals surface area contributed by atoms with Crippen LogP contribution in [0.3, 0.4) is 0 Å². The second-order valence-electron chi connectivity index (χ2n) is 4.24. The van der Waals surface area contributed by atoms with Crippen molar-refractivity contribution in [3.63, 3.8) is 0 Å². The van der Waals surface area contributed by atoms with E-state index in [1.54, 1.807) is 12.1 Å². The number of hydrogen-bond donors (Lipinski definition) is 2. The van der Waals surface area contributed by atoms with Crippen LogP contribution < -0.4 is 5.32 Å². The molecule has 2 rings (SSSR count). The molecule has 0 aliphatic rings. The molecule has 0 unspecified atom stereocenters. The fraction of sp³-hybridized carbons (Fsp3) is 0.133. The van der Waals surface area contributed by atoms with Gasteiger partial charge < -0.3 is 10.4 Å². The van der Waals surface area contributed by atoms with Gasteiger partial charge in [0.05, 0.1) is 18.2 Å². The first-order valence-corrected chi connectivity index (χ1v) is 7.62. The molecule has 104 valence electrons. The Bertz CT molecular complexity index is 602. The van der Waals surface area contributed by atoms with Gasteiger partial charge in [0.25, 0.3) is 5.91 Å². The number of carbonyl (C=O) groups is 1. The third kappa shape index (κ3) is 3.69. The van der Waals surface area contributed by atoms with Crippen LogP contribution in [0.5, 0.6) is 0 Å². The van der Waals surface area contributed by atoms with Crippen molar-refractivity contribution in [2.75, 3.05) is 6.61 Å². The number of nitrogens with one attached hydrogen (secondary N) is 1. The molecule has 0 heterocycles. The summed E-state index contributed by atoms with van der Waals surface area (Å²) in [5.41, 5.74) is 1.40. The average Bonchev–Trinajstić information content (AvgIpc) is 2.45. The van der Waals surface area contributed by atoms with Crippen LogP contribution in [0.4, 0.5) is 0 Å². The Balaban J connectivity index is 2.17. The summed E-state index contributed by atoms with van der Waals surface area (Å²) >= 11 is 6.71. The van der Waals surface area contributed by atoms with Crippen LogP contribution in [0.25, 0.3) is 0 Å². The minimum Gasteiger partial charge on any atom is -0.394 e. The summed E-state index contributed by atoms with van der Waals surface area (Å²) in [6, 6.07) is 14.3. The van der Waals surface area contributed by atoms with Crippen molar-refractivity contribution >= 4 is 37.8 Å². The van der Waals surface area contributed by atoms with E-state index in [1.165, 1.54) is 0 Å². The zero-order chi connectivity index (χ0) is 14.5. The van der Waals surface area contributed by atoms with Gasteiger partial charge in [0.1, 0.15) is 0 Å². The van der Waals surface area contributed by atoms with Gasteiger partial charge in [-0.3, -0.25) is 4.79 Å². The van der Waals surface area contributed by atoms with E-state index < -0.39 is 6.04 Å². The van der Waals surface area contributed by atoms with Gasteiger partial charge in [-0.15, -0.1) is 0 Å². The van der Waals surface area contributed by atoms with Crippen molar-refractivity contribution in [3.8, 4) is 0 Å². The van der Waals surface area contributed by atoms with Gasteiger partial charge in [-0.25, -0.2) is 0 Å². The second-order valence-corrected chi connectivity index (χ2v) is 6.01. The van der Waals surface area contributed by atoms with Crippen LogP contribution >= 0.6 is 31.9 Å². The van der Waals surface area contributed by atoms with E-state index in [1.807, 2.05) is 36.4 Å². The molecule has 20 heavy (non-hydrogen) atoms. The van der Waals surface area contributed by atoms with Crippen molar-refractivity contribution in [2.45, 2.75) is 6.04 Å². The molecule has 0 spiro atoms. The second kappa shape index (κ2) is 7.02. The average molecular weight is 399 g/mol. The van der Waals surface area contributed by atoms with Gasteiger partial charge in [-0.05, 0) is 39.7 Å². The lowest BCUT2D eigenvalue weighted by molar-refractivity contribution is 0.0915. The SMILES string of the molecule is O=C(N[C@@H](CO)c1ccccc1)c1ccc(Br)cc1Br. The molecule has 0 fully saturated rings. The Hall–Kier alpha value is -1.17. The minimum absolute atomic E-state index is 0.149. The predicted molar refractivity (Wildman–Crippen MR) is 85.6 cm³/mol. The Labute approximate surface area is 134 Å². The highest BCUT2D eigenvalue weighted by Gasteiger charge is 2.16. The van der Waals surface area contributed by atoms with Crippen molar-refractivity contribution in [3.05, 3.63) is 68.6 Å². The molecule has 0 radical (unpaired) electrons. The summed E-state index contributed by atoms with van der Waals surface area (Å²) in [5, 5.41) is 12.3. The topological polar surface area (TPSA) is 49.3 Å². The monoisotopic (exact) mass is 397 g/mol. The summed E-state index contributed by atoms with van der Waals surface area (Å²) in [4.78, 5) is 12.3. The molecule has 1 amide bonds. The van der Waals surface area contributed by atoms with Crippen LogP contribution in [-0.2, 0) is 0 Å². The van der Waals surface area contributed by atoms with E-state index in [0.717, 1.165) is 10.0 Å². The Morgan fingerprint density at radius 3 is 2.45 bits per heavy atom. The lowest BCUT2D eigenvalue weighted by Gasteiger charge is -2.17. The lowest BCUT2D eigenvalue weighted by Crippen LogP contribution is -2.31. The normalized spacial score (nSPS) is 11.9. The first-order valence-electron chi connectivity index (χ1n) is 6.03. The number of amides is 1. The largest absolute Gasteiger partial charge is 0.394 e. The van der Waals surface area contributed by atoms with Crippen molar-refractivity contribution < 1.29 is 9.90 Å². The number of halogens is 2. The molecule has 0 aliphatic heterocycles. The molecule has 2 aromatic rings. The van der Waals surface area contributed by atoms with E-state index in [4.69, 9.17) is 0 Å². The standard InChI is InChI=1S/C15H13Br2NO2/c16-11-6-7-12(13(17)8-11)15(20)18-14(9-19)10-4-2-1-3-5-10/h1-8,14,19H,9H2,(H,18,20)/t14-/m0/s1. The van der Waals surface area contributed by atoms with Crippen LogP contribution in [-0.4, -0.2) is 17.6 Å². The maximum absolute atomic E-state index is 12.3. The van der Waals surface area contributed by atoms with Gasteiger partial charge in [0.2, 0.25) is 0 Å². The molecule has 0 aliphatic carbocycles. The molecular formula is C15H13Br2NO2. The predicted octanol–water partition coefficient (Wildman–Crippen LogP) is 3.68. The Kier molecular flexibility index (Phi) is 5.34.